The number of amides is 1. The lowest BCUT2D eigenvalue weighted by Gasteiger charge is -2.14. The summed E-state index contributed by atoms with van der Waals surface area (Å²) in [6, 6.07) is 5.30. The Morgan fingerprint density at radius 3 is 2.50 bits per heavy atom. The van der Waals surface area contributed by atoms with E-state index >= 15 is 0 Å². The lowest BCUT2D eigenvalue weighted by atomic mass is 9.97. The van der Waals surface area contributed by atoms with Gasteiger partial charge in [0.15, 0.2) is 0 Å². The zero-order chi connectivity index (χ0) is 13.7. The number of nitrogens with one attached hydrogen (secondary N) is 1. The van der Waals surface area contributed by atoms with Crippen molar-refractivity contribution in [3.63, 3.8) is 0 Å². The molecule has 0 radical (unpaired) electrons. The molecular formula is C13H16FNO3. The predicted octanol–water partition coefficient (Wildman–Crippen LogP) is 1.91. The number of aliphatic carboxylic acids is 1. The summed E-state index contributed by atoms with van der Waals surface area (Å²) < 4.78 is 13.5. The summed E-state index contributed by atoms with van der Waals surface area (Å²) in [5, 5.41) is 11.0. The Morgan fingerprint density at radius 1 is 1.33 bits per heavy atom. The second-order valence-electron chi connectivity index (χ2n) is 4.25. The van der Waals surface area contributed by atoms with Crippen LogP contribution in [0.3, 0.4) is 0 Å². The van der Waals surface area contributed by atoms with Crippen LogP contribution in [-0.4, -0.2) is 23.0 Å². The third-order valence-corrected chi connectivity index (χ3v) is 2.68. The molecule has 1 aromatic rings. The Hall–Kier alpha value is -1.91. The molecule has 0 spiro atoms. The first-order valence-corrected chi connectivity index (χ1v) is 5.68. The Kier molecular flexibility index (Phi) is 4.83. The Balaban J connectivity index is 2.60. The van der Waals surface area contributed by atoms with E-state index in [4.69, 9.17) is 5.11 Å². The quantitative estimate of drug-likeness (QED) is 0.842. The van der Waals surface area contributed by atoms with Gasteiger partial charge in [0.25, 0.3) is 0 Å². The molecule has 0 bridgehead atoms. The molecule has 98 valence electrons. The van der Waals surface area contributed by atoms with Gasteiger partial charge in [-0.2, -0.15) is 0 Å². The molecular weight excluding hydrogens is 237 g/mol. The van der Waals surface area contributed by atoms with Crippen molar-refractivity contribution in [1.29, 1.82) is 0 Å². The topological polar surface area (TPSA) is 66.4 Å². The van der Waals surface area contributed by atoms with Gasteiger partial charge in [0.1, 0.15) is 11.9 Å². The van der Waals surface area contributed by atoms with Crippen molar-refractivity contribution >= 4 is 11.9 Å². The molecule has 1 amide bonds. The highest BCUT2D eigenvalue weighted by Crippen LogP contribution is 2.21. The molecule has 0 aliphatic rings. The molecule has 0 aromatic heterocycles. The number of carboxylic acids is 1. The van der Waals surface area contributed by atoms with Crippen molar-refractivity contribution in [3.8, 4) is 0 Å². The zero-order valence-electron chi connectivity index (χ0n) is 10.3. The normalized spacial score (nSPS) is 13.7. The second kappa shape index (κ2) is 6.14. The number of halogens is 1. The Bertz CT molecular complexity index is 448. The summed E-state index contributed by atoms with van der Waals surface area (Å²) in [4.78, 5) is 22.1. The molecule has 1 rings (SSSR count). The van der Waals surface area contributed by atoms with E-state index in [-0.39, 0.29) is 18.2 Å². The molecule has 0 fully saturated rings. The number of carboxylic acid groups (broad SMARTS) is 1. The minimum atomic E-state index is -1.10. The van der Waals surface area contributed by atoms with Crippen LogP contribution in [0, 0.1) is 5.82 Å². The van der Waals surface area contributed by atoms with E-state index in [9.17, 15) is 14.0 Å². The molecule has 0 saturated heterocycles. The molecule has 0 saturated carbocycles. The van der Waals surface area contributed by atoms with Crippen LogP contribution in [0.2, 0.25) is 0 Å². The Morgan fingerprint density at radius 2 is 1.94 bits per heavy atom. The number of hydrogen-bond donors (Lipinski definition) is 2. The maximum atomic E-state index is 13.5. The number of hydrogen-bond acceptors (Lipinski definition) is 2. The van der Waals surface area contributed by atoms with Gasteiger partial charge in [-0.15, -0.1) is 0 Å². The van der Waals surface area contributed by atoms with Crippen LogP contribution in [0.25, 0.3) is 0 Å². The number of carbonyl (C=O) groups excluding carboxylic acids is 1. The summed E-state index contributed by atoms with van der Waals surface area (Å²) in [5.41, 5.74) is 0.454. The highest BCUT2D eigenvalue weighted by molar-refractivity contribution is 5.83. The van der Waals surface area contributed by atoms with Gasteiger partial charge in [0, 0.05) is 6.42 Å². The summed E-state index contributed by atoms with van der Waals surface area (Å²) in [7, 11) is 0. The van der Waals surface area contributed by atoms with Gasteiger partial charge in [-0.3, -0.25) is 9.59 Å². The van der Waals surface area contributed by atoms with Crippen LogP contribution in [0.5, 0.6) is 0 Å². The van der Waals surface area contributed by atoms with Crippen molar-refractivity contribution in [2.45, 2.75) is 32.2 Å². The van der Waals surface area contributed by atoms with E-state index in [1.807, 2.05) is 0 Å². The third kappa shape index (κ3) is 3.84. The average Bonchev–Trinajstić information content (AvgIpc) is 2.28. The SMILES string of the molecule is CC(CC(=O)N[C@H](C)C(=O)O)c1ccccc1F. The van der Waals surface area contributed by atoms with Crippen LogP contribution in [-0.2, 0) is 9.59 Å². The van der Waals surface area contributed by atoms with Crippen molar-refractivity contribution in [3.05, 3.63) is 35.6 Å². The molecule has 18 heavy (non-hydrogen) atoms. The van der Waals surface area contributed by atoms with E-state index in [1.54, 1.807) is 25.1 Å². The fourth-order valence-electron chi connectivity index (χ4n) is 1.62. The first kappa shape index (κ1) is 14.2. The van der Waals surface area contributed by atoms with Crippen LogP contribution in [0.4, 0.5) is 4.39 Å². The number of rotatable bonds is 5. The maximum Gasteiger partial charge on any atom is 0.325 e. The molecule has 4 nitrogen and oxygen atoms in total. The minimum Gasteiger partial charge on any atom is -0.480 e. The highest BCUT2D eigenvalue weighted by atomic mass is 19.1. The average molecular weight is 253 g/mol. The first-order valence-electron chi connectivity index (χ1n) is 5.68. The Labute approximate surface area is 105 Å². The molecule has 1 aromatic carbocycles. The minimum absolute atomic E-state index is 0.0541. The van der Waals surface area contributed by atoms with Crippen LogP contribution in [0.15, 0.2) is 24.3 Å². The summed E-state index contributed by atoms with van der Waals surface area (Å²) in [6.07, 6.45) is 0.0541. The standard InChI is InChI=1S/C13H16FNO3/c1-8(10-5-3-4-6-11(10)14)7-12(16)15-9(2)13(17)18/h3-6,8-9H,7H2,1-2H3,(H,15,16)(H,17,18)/t8?,9-/m1/s1. The van der Waals surface area contributed by atoms with Gasteiger partial charge in [-0.1, -0.05) is 25.1 Å². The fraction of sp³-hybridized carbons (Fsp3) is 0.385. The highest BCUT2D eigenvalue weighted by Gasteiger charge is 2.18. The van der Waals surface area contributed by atoms with E-state index in [0.29, 0.717) is 5.56 Å². The zero-order valence-corrected chi connectivity index (χ0v) is 10.3. The second-order valence-corrected chi connectivity index (χ2v) is 4.25. The van der Waals surface area contributed by atoms with Crippen LogP contribution in [0.1, 0.15) is 31.7 Å². The number of benzene rings is 1. The smallest absolute Gasteiger partial charge is 0.325 e. The van der Waals surface area contributed by atoms with Crippen molar-refractivity contribution < 1.29 is 19.1 Å². The van der Waals surface area contributed by atoms with Crippen molar-refractivity contribution in [1.82, 2.24) is 5.32 Å². The lowest BCUT2D eigenvalue weighted by Crippen LogP contribution is -2.38. The number of carbonyl (C=O) groups is 2. The van der Waals surface area contributed by atoms with Gasteiger partial charge in [0.05, 0.1) is 0 Å². The molecule has 5 heteroatoms. The van der Waals surface area contributed by atoms with Gasteiger partial charge < -0.3 is 10.4 Å². The van der Waals surface area contributed by atoms with Gasteiger partial charge in [-0.25, -0.2) is 4.39 Å². The molecule has 0 heterocycles. The van der Waals surface area contributed by atoms with E-state index in [1.165, 1.54) is 13.0 Å². The third-order valence-electron chi connectivity index (χ3n) is 2.68. The molecule has 0 aliphatic heterocycles. The monoisotopic (exact) mass is 253 g/mol. The van der Waals surface area contributed by atoms with Crippen LogP contribution < -0.4 is 5.32 Å². The summed E-state index contributed by atoms with van der Waals surface area (Å²) >= 11 is 0. The molecule has 0 aliphatic carbocycles. The first-order chi connectivity index (χ1) is 8.41. The van der Waals surface area contributed by atoms with Crippen LogP contribution >= 0.6 is 0 Å². The fourth-order valence-corrected chi connectivity index (χ4v) is 1.62. The molecule has 2 atom stereocenters. The summed E-state index contributed by atoms with van der Waals surface area (Å²) in [6.45, 7) is 3.11. The van der Waals surface area contributed by atoms with Crippen molar-refractivity contribution in [2.24, 2.45) is 0 Å². The lowest BCUT2D eigenvalue weighted by molar-refractivity contribution is -0.141. The van der Waals surface area contributed by atoms with E-state index in [2.05, 4.69) is 5.32 Å². The summed E-state index contributed by atoms with van der Waals surface area (Å²) in [5.74, 6) is -2.15. The molecule has 2 N–H and O–H groups in total. The maximum absolute atomic E-state index is 13.5. The van der Waals surface area contributed by atoms with E-state index in [0.717, 1.165) is 0 Å². The van der Waals surface area contributed by atoms with E-state index < -0.39 is 17.9 Å². The van der Waals surface area contributed by atoms with Gasteiger partial charge in [-0.05, 0) is 24.5 Å². The molecule has 1 unspecified atom stereocenters. The van der Waals surface area contributed by atoms with Gasteiger partial charge >= 0.3 is 5.97 Å². The van der Waals surface area contributed by atoms with Crippen molar-refractivity contribution in [2.75, 3.05) is 0 Å². The van der Waals surface area contributed by atoms with Gasteiger partial charge in [0.2, 0.25) is 5.91 Å². The predicted molar refractivity (Wildman–Crippen MR) is 64.7 cm³/mol. The largest absolute Gasteiger partial charge is 0.480 e.